The summed E-state index contributed by atoms with van der Waals surface area (Å²) >= 11 is 7.24. The Labute approximate surface area is 143 Å². The quantitative estimate of drug-likeness (QED) is 0.564. The van der Waals surface area contributed by atoms with Gasteiger partial charge in [0.2, 0.25) is 0 Å². The van der Waals surface area contributed by atoms with Crippen LogP contribution >= 0.6 is 31.9 Å². The molecule has 21 heavy (non-hydrogen) atoms. The van der Waals surface area contributed by atoms with Crippen LogP contribution in [0.2, 0.25) is 0 Å². The van der Waals surface area contributed by atoms with Crippen LogP contribution in [0.5, 0.6) is 0 Å². The lowest BCUT2D eigenvalue weighted by Crippen LogP contribution is -2.17. The van der Waals surface area contributed by atoms with Crippen molar-refractivity contribution in [3.05, 3.63) is 69.7 Å². The summed E-state index contributed by atoms with van der Waals surface area (Å²) in [5.41, 5.74) is 4.01. The SMILES string of the molecule is BrCC(OC1CCCc2ccccc21)c1ccccc1Br. The molecule has 1 aliphatic rings. The van der Waals surface area contributed by atoms with E-state index in [-0.39, 0.29) is 12.2 Å². The maximum Gasteiger partial charge on any atom is 0.0940 e. The summed E-state index contributed by atoms with van der Waals surface area (Å²) < 4.78 is 7.57. The zero-order valence-electron chi connectivity index (χ0n) is 11.8. The van der Waals surface area contributed by atoms with Gasteiger partial charge in [-0.05, 0) is 42.0 Å². The summed E-state index contributed by atoms with van der Waals surface area (Å²) in [5, 5.41) is 0.800. The molecule has 0 fully saturated rings. The molecule has 0 heterocycles. The molecule has 0 amide bonds. The van der Waals surface area contributed by atoms with Crippen molar-refractivity contribution in [2.24, 2.45) is 0 Å². The first-order chi connectivity index (χ1) is 10.3. The van der Waals surface area contributed by atoms with Gasteiger partial charge in [0.25, 0.3) is 0 Å². The lowest BCUT2D eigenvalue weighted by molar-refractivity contribution is -0.0113. The van der Waals surface area contributed by atoms with Gasteiger partial charge < -0.3 is 4.74 Å². The van der Waals surface area contributed by atoms with Gasteiger partial charge in [0, 0.05) is 9.80 Å². The van der Waals surface area contributed by atoms with Gasteiger partial charge in [-0.15, -0.1) is 0 Å². The number of hydrogen-bond acceptors (Lipinski definition) is 1. The van der Waals surface area contributed by atoms with Crippen LogP contribution in [0.4, 0.5) is 0 Å². The van der Waals surface area contributed by atoms with Crippen LogP contribution in [-0.2, 0) is 11.2 Å². The van der Waals surface area contributed by atoms with E-state index < -0.39 is 0 Å². The van der Waals surface area contributed by atoms with Crippen LogP contribution in [0.15, 0.2) is 53.0 Å². The van der Waals surface area contributed by atoms with Crippen molar-refractivity contribution >= 4 is 31.9 Å². The molecule has 3 rings (SSSR count). The van der Waals surface area contributed by atoms with E-state index in [0.29, 0.717) is 0 Å². The summed E-state index contributed by atoms with van der Waals surface area (Å²) in [5.74, 6) is 0. The zero-order valence-corrected chi connectivity index (χ0v) is 14.9. The summed E-state index contributed by atoms with van der Waals surface area (Å²) in [6.45, 7) is 0. The molecule has 1 aliphatic carbocycles. The Kier molecular flexibility index (Phi) is 5.15. The monoisotopic (exact) mass is 408 g/mol. The van der Waals surface area contributed by atoms with E-state index in [2.05, 4.69) is 74.3 Å². The van der Waals surface area contributed by atoms with Crippen LogP contribution in [0.3, 0.4) is 0 Å². The van der Waals surface area contributed by atoms with Crippen molar-refractivity contribution in [3.63, 3.8) is 0 Å². The highest BCUT2D eigenvalue weighted by atomic mass is 79.9. The molecule has 110 valence electrons. The van der Waals surface area contributed by atoms with Gasteiger partial charge in [-0.2, -0.15) is 0 Å². The maximum atomic E-state index is 6.46. The van der Waals surface area contributed by atoms with Crippen molar-refractivity contribution in [1.29, 1.82) is 0 Å². The zero-order chi connectivity index (χ0) is 14.7. The molecule has 0 bridgehead atoms. The Morgan fingerprint density at radius 1 is 1.10 bits per heavy atom. The predicted molar refractivity (Wildman–Crippen MR) is 93.9 cm³/mol. The second-order valence-electron chi connectivity index (χ2n) is 5.38. The molecule has 0 saturated heterocycles. The van der Waals surface area contributed by atoms with Crippen LogP contribution in [0.1, 0.15) is 41.7 Å². The lowest BCUT2D eigenvalue weighted by atomic mass is 9.89. The van der Waals surface area contributed by atoms with Crippen LogP contribution in [0, 0.1) is 0 Å². The minimum Gasteiger partial charge on any atom is -0.365 e. The Hall–Kier alpha value is -0.640. The summed E-state index contributed by atoms with van der Waals surface area (Å²) in [7, 11) is 0. The predicted octanol–water partition coefficient (Wildman–Crippen LogP) is 5.98. The summed E-state index contributed by atoms with van der Waals surface area (Å²) in [6, 6.07) is 17.0. The molecule has 0 aromatic heterocycles. The average molecular weight is 410 g/mol. The average Bonchev–Trinajstić information content (AvgIpc) is 2.53. The first kappa shape index (κ1) is 15.3. The van der Waals surface area contributed by atoms with E-state index in [0.717, 1.165) is 16.2 Å². The van der Waals surface area contributed by atoms with Crippen molar-refractivity contribution in [2.45, 2.75) is 31.5 Å². The Morgan fingerprint density at radius 2 is 1.86 bits per heavy atom. The fourth-order valence-electron chi connectivity index (χ4n) is 2.98. The molecular weight excluding hydrogens is 392 g/mol. The number of rotatable bonds is 4. The minimum atomic E-state index is 0.0664. The fraction of sp³-hybridized carbons (Fsp3) is 0.333. The molecular formula is C18H18Br2O. The van der Waals surface area contributed by atoms with E-state index in [1.165, 1.54) is 29.5 Å². The number of halogens is 2. The largest absolute Gasteiger partial charge is 0.365 e. The molecule has 0 spiro atoms. The number of hydrogen-bond donors (Lipinski definition) is 0. The summed E-state index contributed by atoms with van der Waals surface area (Å²) in [6.07, 6.45) is 3.74. The molecule has 2 aromatic carbocycles. The van der Waals surface area contributed by atoms with E-state index in [1.54, 1.807) is 0 Å². The molecule has 2 atom stereocenters. The third-order valence-corrected chi connectivity index (χ3v) is 5.35. The molecule has 2 aromatic rings. The van der Waals surface area contributed by atoms with Crippen LogP contribution in [0.25, 0.3) is 0 Å². The molecule has 0 N–H and O–H groups in total. The van der Waals surface area contributed by atoms with Gasteiger partial charge >= 0.3 is 0 Å². The second-order valence-corrected chi connectivity index (χ2v) is 6.88. The number of benzene rings is 2. The summed E-state index contributed by atoms with van der Waals surface area (Å²) in [4.78, 5) is 0. The lowest BCUT2D eigenvalue weighted by Gasteiger charge is -2.29. The molecule has 3 heteroatoms. The first-order valence-corrected chi connectivity index (χ1v) is 9.24. The number of aryl methyl sites for hydroxylation is 1. The Balaban J connectivity index is 1.84. The smallest absolute Gasteiger partial charge is 0.0940 e. The number of ether oxygens (including phenoxy) is 1. The molecule has 0 saturated carbocycles. The highest BCUT2D eigenvalue weighted by molar-refractivity contribution is 9.10. The molecule has 1 nitrogen and oxygen atoms in total. The fourth-order valence-corrected chi connectivity index (χ4v) is 4.02. The van der Waals surface area contributed by atoms with E-state index >= 15 is 0 Å². The third-order valence-electron chi connectivity index (χ3n) is 4.04. The van der Waals surface area contributed by atoms with Crippen molar-refractivity contribution in [2.75, 3.05) is 5.33 Å². The van der Waals surface area contributed by atoms with Gasteiger partial charge in [-0.1, -0.05) is 74.3 Å². The highest BCUT2D eigenvalue weighted by Gasteiger charge is 2.24. The van der Waals surface area contributed by atoms with Crippen LogP contribution < -0.4 is 0 Å². The Bertz CT molecular complexity index is 612. The standard InChI is InChI=1S/C18H18Br2O/c19-12-18(15-9-3-4-10-16(15)20)21-17-11-5-7-13-6-1-2-8-14(13)17/h1-4,6,8-10,17-18H,5,7,11-12H2. The van der Waals surface area contributed by atoms with E-state index in [1.807, 2.05) is 6.07 Å². The second kappa shape index (κ2) is 7.08. The Morgan fingerprint density at radius 3 is 2.67 bits per heavy atom. The van der Waals surface area contributed by atoms with Crippen molar-refractivity contribution in [3.8, 4) is 0 Å². The van der Waals surface area contributed by atoms with Gasteiger partial charge in [-0.25, -0.2) is 0 Å². The van der Waals surface area contributed by atoms with Gasteiger partial charge in [0.15, 0.2) is 0 Å². The first-order valence-electron chi connectivity index (χ1n) is 7.33. The van der Waals surface area contributed by atoms with Crippen molar-refractivity contribution < 1.29 is 4.74 Å². The number of fused-ring (bicyclic) bond motifs is 1. The topological polar surface area (TPSA) is 9.23 Å². The van der Waals surface area contributed by atoms with Crippen molar-refractivity contribution in [1.82, 2.24) is 0 Å². The van der Waals surface area contributed by atoms with E-state index in [4.69, 9.17) is 4.74 Å². The van der Waals surface area contributed by atoms with Crippen LogP contribution in [-0.4, -0.2) is 5.33 Å². The van der Waals surface area contributed by atoms with Gasteiger partial charge in [-0.3, -0.25) is 0 Å². The normalized spacial score (nSPS) is 19.0. The molecule has 0 radical (unpaired) electrons. The molecule has 0 aliphatic heterocycles. The van der Waals surface area contributed by atoms with Gasteiger partial charge in [0.1, 0.15) is 0 Å². The highest BCUT2D eigenvalue weighted by Crippen LogP contribution is 2.38. The third kappa shape index (κ3) is 3.41. The number of alkyl halides is 1. The maximum absolute atomic E-state index is 6.46. The molecule has 2 unspecified atom stereocenters. The van der Waals surface area contributed by atoms with E-state index in [9.17, 15) is 0 Å². The van der Waals surface area contributed by atoms with Gasteiger partial charge in [0.05, 0.1) is 12.2 Å². The minimum absolute atomic E-state index is 0.0664.